The van der Waals surface area contributed by atoms with Gasteiger partial charge in [0.2, 0.25) is 0 Å². The van der Waals surface area contributed by atoms with Crippen molar-refractivity contribution in [2.75, 3.05) is 7.05 Å². The van der Waals surface area contributed by atoms with Crippen LogP contribution in [0.4, 0.5) is 0 Å². The molecule has 0 aromatic carbocycles. The fraction of sp³-hybridized carbons (Fsp3) is 0.833. The molecule has 0 aromatic rings. The van der Waals surface area contributed by atoms with Gasteiger partial charge >= 0.3 is 6.41 Å². The molecule has 8 heavy (non-hydrogen) atoms. The lowest BCUT2D eigenvalue weighted by Gasteiger charge is -2.16. The highest BCUT2D eigenvalue weighted by molar-refractivity contribution is 5.47. The van der Waals surface area contributed by atoms with E-state index < -0.39 is 0 Å². The Morgan fingerprint density at radius 3 is 2.38 bits per heavy atom. The Morgan fingerprint density at radius 1 is 1.75 bits per heavy atom. The topological polar surface area (TPSA) is 20.3 Å². The van der Waals surface area contributed by atoms with Crippen LogP contribution >= 0.6 is 0 Å². The molecular weight excluding hydrogens is 102 g/mol. The average Bonchev–Trinajstić information content (AvgIpc) is 1.84. The van der Waals surface area contributed by atoms with Crippen molar-refractivity contribution in [3.8, 4) is 0 Å². The molecule has 1 amide bonds. The molecule has 0 bridgehead atoms. The molecular formula is C6H12NO. The monoisotopic (exact) mass is 114 g/mol. The predicted molar refractivity (Wildman–Crippen MR) is 33.2 cm³/mol. The van der Waals surface area contributed by atoms with Gasteiger partial charge in [0.1, 0.15) is 0 Å². The van der Waals surface area contributed by atoms with Crippen LogP contribution in [0.3, 0.4) is 0 Å². The van der Waals surface area contributed by atoms with Crippen LogP contribution in [0.1, 0.15) is 20.3 Å². The summed E-state index contributed by atoms with van der Waals surface area (Å²) < 4.78 is 0. The minimum Gasteiger partial charge on any atom is -0.335 e. The second-order valence-corrected chi connectivity index (χ2v) is 1.96. The minimum absolute atomic E-state index is 0.326. The van der Waals surface area contributed by atoms with Crippen molar-refractivity contribution in [2.45, 2.75) is 26.3 Å². The Hall–Kier alpha value is -0.530. The maximum absolute atomic E-state index is 9.91. The molecule has 0 aliphatic carbocycles. The summed E-state index contributed by atoms with van der Waals surface area (Å²) in [5, 5.41) is 0. The van der Waals surface area contributed by atoms with Gasteiger partial charge in [0.05, 0.1) is 0 Å². The van der Waals surface area contributed by atoms with Crippen LogP contribution < -0.4 is 0 Å². The highest BCUT2D eigenvalue weighted by Gasteiger charge is 2.01. The number of rotatable bonds is 3. The van der Waals surface area contributed by atoms with Crippen LogP contribution in [0, 0.1) is 0 Å². The van der Waals surface area contributed by atoms with Crippen molar-refractivity contribution in [3.63, 3.8) is 0 Å². The minimum atomic E-state index is 0.326. The molecule has 0 saturated heterocycles. The fourth-order valence-corrected chi connectivity index (χ4v) is 0.364. The average molecular weight is 114 g/mol. The third kappa shape index (κ3) is 1.96. The van der Waals surface area contributed by atoms with Crippen LogP contribution in [0.15, 0.2) is 0 Å². The summed E-state index contributed by atoms with van der Waals surface area (Å²) in [6.07, 6.45) is 2.79. The lowest BCUT2D eigenvalue weighted by atomic mass is 10.2. The molecule has 0 aromatic heterocycles. The molecule has 1 radical (unpaired) electrons. The molecule has 0 fully saturated rings. The van der Waals surface area contributed by atoms with Gasteiger partial charge in [0.25, 0.3) is 0 Å². The van der Waals surface area contributed by atoms with Crippen LogP contribution in [-0.2, 0) is 4.79 Å². The first-order valence-electron chi connectivity index (χ1n) is 2.83. The normalized spacial score (nSPS) is 12.9. The van der Waals surface area contributed by atoms with E-state index in [9.17, 15) is 4.79 Å². The molecule has 1 atom stereocenters. The van der Waals surface area contributed by atoms with Crippen molar-refractivity contribution in [1.82, 2.24) is 4.90 Å². The van der Waals surface area contributed by atoms with Gasteiger partial charge in [0, 0.05) is 13.1 Å². The Kier molecular flexibility index (Phi) is 3.24. The summed E-state index contributed by atoms with van der Waals surface area (Å²) in [5.41, 5.74) is 0. The van der Waals surface area contributed by atoms with Gasteiger partial charge in [0.15, 0.2) is 0 Å². The van der Waals surface area contributed by atoms with E-state index >= 15 is 0 Å². The molecule has 0 aliphatic heterocycles. The highest BCUT2D eigenvalue weighted by atomic mass is 16.1. The molecule has 0 N–H and O–H groups in total. The Morgan fingerprint density at radius 2 is 2.25 bits per heavy atom. The summed E-state index contributed by atoms with van der Waals surface area (Å²) in [6.45, 7) is 4.03. The van der Waals surface area contributed by atoms with E-state index in [0.29, 0.717) is 6.04 Å². The van der Waals surface area contributed by atoms with E-state index in [1.54, 1.807) is 18.4 Å². The van der Waals surface area contributed by atoms with Crippen molar-refractivity contribution < 1.29 is 4.79 Å². The van der Waals surface area contributed by atoms with Gasteiger partial charge in [-0.1, -0.05) is 6.92 Å². The first-order chi connectivity index (χ1) is 3.72. The Balaban J connectivity index is 3.44. The van der Waals surface area contributed by atoms with Gasteiger partial charge in [-0.15, -0.1) is 0 Å². The second kappa shape index (κ2) is 3.47. The molecule has 0 aliphatic rings. The fourth-order valence-electron chi connectivity index (χ4n) is 0.364. The van der Waals surface area contributed by atoms with Gasteiger partial charge in [-0.3, -0.25) is 4.79 Å². The van der Waals surface area contributed by atoms with Gasteiger partial charge in [-0.2, -0.15) is 0 Å². The van der Waals surface area contributed by atoms with Crippen LogP contribution in [0.25, 0.3) is 0 Å². The maximum atomic E-state index is 9.91. The van der Waals surface area contributed by atoms with E-state index in [0.717, 1.165) is 6.42 Å². The van der Waals surface area contributed by atoms with Crippen LogP contribution in [0.5, 0.6) is 0 Å². The van der Waals surface area contributed by atoms with Gasteiger partial charge in [-0.25, -0.2) is 0 Å². The smallest absolute Gasteiger partial charge is 0.312 e. The summed E-state index contributed by atoms with van der Waals surface area (Å²) in [7, 11) is 1.74. The maximum Gasteiger partial charge on any atom is 0.312 e. The van der Waals surface area contributed by atoms with Crippen molar-refractivity contribution >= 4 is 6.41 Å². The highest BCUT2D eigenvalue weighted by Crippen LogP contribution is 1.94. The van der Waals surface area contributed by atoms with E-state index in [1.165, 1.54) is 0 Å². The van der Waals surface area contributed by atoms with Crippen LogP contribution in [-0.4, -0.2) is 24.4 Å². The number of carbonyl (C=O) groups excluding carboxylic acids is 1. The summed E-state index contributed by atoms with van der Waals surface area (Å²) >= 11 is 0. The first kappa shape index (κ1) is 7.47. The third-order valence-corrected chi connectivity index (χ3v) is 1.40. The van der Waals surface area contributed by atoms with Crippen molar-refractivity contribution in [1.29, 1.82) is 0 Å². The van der Waals surface area contributed by atoms with Crippen molar-refractivity contribution in [3.05, 3.63) is 0 Å². The second-order valence-electron chi connectivity index (χ2n) is 1.96. The van der Waals surface area contributed by atoms with Gasteiger partial charge < -0.3 is 4.90 Å². The quantitative estimate of drug-likeness (QED) is 0.496. The Labute approximate surface area is 50.5 Å². The molecule has 1 unspecified atom stereocenters. The lowest BCUT2D eigenvalue weighted by Crippen LogP contribution is -2.26. The molecule has 2 nitrogen and oxygen atoms in total. The number of amides is 1. The molecule has 0 rings (SSSR count). The number of hydrogen-bond donors (Lipinski definition) is 0. The SMILES string of the molecule is CCC(C)N(C)[C]=O. The zero-order chi connectivity index (χ0) is 6.57. The molecule has 0 spiro atoms. The predicted octanol–water partition coefficient (Wildman–Crippen LogP) is 0.784. The Bertz CT molecular complexity index is 72.9. The van der Waals surface area contributed by atoms with E-state index in [1.807, 2.05) is 13.8 Å². The summed E-state index contributed by atoms with van der Waals surface area (Å²) in [5.74, 6) is 0. The first-order valence-corrected chi connectivity index (χ1v) is 2.83. The number of hydrogen-bond acceptors (Lipinski definition) is 1. The van der Waals surface area contributed by atoms with Gasteiger partial charge in [-0.05, 0) is 13.3 Å². The standard InChI is InChI=1S/C6H12NO/c1-4-6(2)7(3)5-8/h6H,4H2,1-3H3. The lowest BCUT2D eigenvalue weighted by molar-refractivity contribution is 0.352. The third-order valence-electron chi connectivity index (χ3n) is 1.40. The van der Waals surface area contributed by atoms with E-state index in [4.69, 9.17) is 0 Å². The molecule has 47 valence electrons. The summed E-state index contributed by atoms with van der Waals surface area (Å²) in [6, 6.07) is 0.326. The molecule has 0 saturated carbocycles. The molecule has 0 heterocycles. The zero-order valence-corrected chi connectivity index (χ0v) is 5.64. The van der Waals surface area contributed by atoms with Crippen molar-refractivity contribution in [2.24, 2.45) is 0 Å². The van der Waals surface area contributed by atoms with E-state index in [2.05, 4.69) is 0 Å². The number of nitrogens with zero attached hydrogens (tertiary/aromatic N) is 1. The van der Waals surface area contributed by atoms with E-state index in [-0.39, 0.29) is 0 Å². The summed E-state index contributed by atoms with van der Waals surface area (Å²) in [4.78, 5) is 11.4. The zero-order valence-electron chi connectivity index (χ0n) is 5.64. The van der Waals surface area contributed by atoms with Crippen LogP contribution in [0.2, 0.25) is 0 Å². The molecule has 2 heteroatoms. The largest absolute Gasteiger partial charge is 0.335 e.